The molecule has 1 heterocycles. The highest BCUT2D eigenvalue weighted by Crippen LogP contribution is 2.33. The fourth-order valence-corrected chi connectivity index (χ4v) is 2.31. The first kappa shape index (κ1) is 15.4. The quantitative estimate of drug-likeness (QED) is 0.923. The van der Waals surface area contributed by atoms with Crippen LogP contribution < -0.4 is 15.0 Å². The fraction of sp³-hybridized carbons (Fsp3) is 0.500. The van der Waals surface area contributed by atoms with Crippen molar-refractivity contribution in [3.8, 4) is 5.75 Å². The third-order valence-electron chi connectivity index (χ3n) is 3.45. The average molecular weight is 290 g/mol. The first-order valence-corrected chi connectivity index (χ1v) is 7.22. The molecule has 21 heavy (non-hydrogen) atoms. The van der Waals surface area contributed by atoms with Crippen LogP contribution in [0.5, 0.6) is 5.75 Å². The lowest BCUT2D eigenvalue weighted by molar-refractivity contribution is -0.125. The minimum absolute atomic E-state index is 0.0389. The van der Waals surface area contributed by atoms with Crippen LogP contribution in [0, 0.1) is 5.92 Å². The number of carbonyl (C=O) groups is 2. The highest BCUT2D eigenvalue weighted by molar-refractivity contribution is 5.99. The molecule has 5 nitrogen and oxygen atoms in total. The number of hydrogen-bond acceptors (Lipinski definition) is 3. The van der Waals surface area contributed by atoms with Crippen LogP contribution >= 0.6 is 0 Å². The third kappa shape index (κ3) is 3.54. The third-order valence-corrected chi connectivity index (χ3v) is 3.45. The van der Waals surface area contributed by atoms with Crippen LogP contribution in [0.25, 0.3) is 0 Å². The van der Waals surface area contributed by atoms with Crippen molar-refractivity contribution in [2.45, 2.75) is 39.8 Å². The standard InChI is InChI=1S/C16H22N2O3/c1-10(2)7-15(19)17-9-12-5-6-14-13(8-12)18(4)16(20)11(3)21-14/h5-6,8,10-11H,7,9H2,1-4H3,(H,17,19). The molecule has 1 N–H and O–H groups in total. The van der Waals surface area contributed by atoms with Crippen molar-refractivity contribution in [2.75, 3.05) is 11.9 Å². The summed E-state index contributed by atoms with van der Waals surface area (Å²) in [5.74, 6) is 1.01. The summed E-state index contributed by atoms with van der Waals surface area (Å²) in [5.41, 5.74) is 1.69. The van der Waals surface area contributed by atoms with Gasteiger partial charge in [0.15, 0.2) is 6.10 Å². The summed E-state index contributed by atoms with van der Waals surface area (Å²) in [5, 5.41) is 2.89. The zero-order valence-corrected chi connectivity index (χ0v) is 13.0. The maximum absolute atomic E-state index is 11.9. The Balaban J connectivity index is 2.07. The molecule has 5 heteroatoms. The first-order chi connectivity index (χ1) is 9.88. The summed E-state index contributed by atoms with van der Waals surface area (Å²) >= 11 is 0. The molecule has 2 rings (SSSR count). The zero-order chi connectivity index (χ0) is 15.6. The second-order valence-corrected chi connectivity index (χ2v) is 5.83. The van der Waals surface area contributed by atoms with Crippen LogP contribution in [0.4, 0.5) is 5.69 Å². The zero-order valence-electron chi connectivity index (χ0n) is 13.0. The number of benzene rings is 1. The Morgan fingerprint density at radius 2 is 2.14 bits per heavy atom. The molecular formula is C16H22N2O3. The van der Waals surface area contributed by atoms with Gasteiger partial charge in [0.2, 0.25) is 5.91 Å². The van der Waals surface area contributed by atoms with Gasteiger partial charge in [-0.15, -0.1) is 0 Å². The van der Waals surface area contributed by atoms with Crippen molar-refractivity contribution in [2.24, 2.45) is 5.92 Å². The van der Waals surface area contributed by atoms with Crippen LogP contribution in [0.15, 0.2) is 18.2 Å². The van der Waals surface area contributed by atoms with Crippen molar-refractivity contribution in [3.63, 3.8) is 0 Å². The van der Waals surface area contributed by atoms with Gasteiger partial charge >= 0.3 is 0 Å². The molecule has 0 radical (unpaired) electrons. The Morgan fingerprint density at radius 3 is 2.81 bits per heavy atom. The molecule has 1 aliphatic heterocycles. The minimum Gasteiger partial charge on any atom is -0.479 e. The van der Waals surface area contributed by atoms with E-state index in [-0.39, 0.29) is 11.8 Å². The van der Waals surface area contributed by atoms with E-state index in [1.807, 2.05) is 32.0 Å². The Kier molecular flexibility index (Phi) is 4.50. The summed E-state index contributed by atoms with van der Waals surface area (Å²) in [6, 6.07) is 5.64. The van der Waals surface area contributed by atoms with E-state index in [2.05, 4.69) is 5.32 Å². The van der Waals surface area contributed by atoms with E-state index in [1.54, 1.807) is 18.9 Å². The molecule has 1 aromatic rings. The maximum Gasteiger partial charge on any atom is 0.267 e. The number of ether oxygens (including phenoxy) is 1. The summed E-state index contributed by atoms with van der Waals surface area (Å²) in [6.07, 6.45) is 0.0586. The summed E-state index contributed by atoms with van der Waals surface area (Å²) in [7, 11) is 1.74. The van der Waals surface area contributed by atoms with Crippen LogP contribution in [0.2, 0.25) is 0 Å². The predicted octanol–water partition coefficient (Wildman–Crippen LogP) is 2.09. The van der Waals surface area contributed by atoms with Crippen molar-refractivity contribution < 1.29 is 14.3 Å². The summed E-state index contributed by atoms with van der Waals surface area (Å²) < 4.78 is 5.57. The fourth-order valence-electron chi connectivity index (χ4n) is 2.31. The van der Waals surface area contributed by atoms with Gasteiger partial charge in [-0.05, 0) is 30.5 Å². The second-order valence-electron chi connectivity index (χ2n) is 5.83. The molecule has 2 amide bonds. The lowest BCUT2D eigenvalue weighted by atomic mass is 10.1. The second kappa shape index (κ2) is 6.16. The van der Waals surface area contributed by atoms with E-state index in [0.29, 0.717) is 24.6 Å². The lowest BCUT2D eigenvalue weighted by Gasteiger charge is -2.30. The van der Waals surface area contributed by atoms with E-state index in [4.69, 9.17) is 4.74 Å². The number of anilines is 1. The predicted molar refractivity (Wildman–Crippen MR) is 81.2 cm³/mol. The average Bonchev–Trinajstić information content (AvgIpc) is 2.42. The van der Waals surface area contributed by atoms with Crippen molar-refractivity contribution in [3.05, 3.63) is 23.8 Å². The number of nitrogens with one attached hydrogen (secondary N) is 1. The molecule has 0 aliphatic carbocycles. The van der Waals surface area contributed by atoms with Crippen molar-refractivity contribution >= 4 is 17.5 Å². The number of amides is 2. The van der Waals surface area contributed by atoms with Gasteiger partial charge in [0.1, 0.15) is 5.75 Å². The number of nitrogens with zero attached hydrogens (tertiary/aromatic N) is 1. The van der Waals surface area contributed by atoms with Crippen molar-refractivity contribution in [1.29, 1.82) is 0 Å². The largest absolute Gasteiger partial charge is 0.479 e. The van der Waals surface area contributed by atoms with Gasteiger partial charge in [-0.1, -0.05) is 19.9 Å². The van der Waals surface area contributed by atoms with Gasteiger partial charge in [0, 0.05) is 20.0 Å². The molecule has 1 atom stereocenters. The van der Waals surface area contributed by atoms with Crippen molar-refractivity contribution in [1.82, 2.24) is 5.32 Å². The van der Waals surface area contributed by atoms with Gasteiger partial charge in [-0.25, -0.2) is 0 Å². The van der Waals surface area contributed by atoms with E-state index in [9.17, 15) is 9.59 Å². The first-order valence-electron chi connectivity index (χ1n) is 7.22. The summed E-state index contributed by atoms with van der Waals surface area (Å²) in [6.45, 7) is 6.22. The molecule has 114 valence electrons. The van der Waals surface area contributed by atoms with Crippen LogP contribution in [-0.4, -0.2) is 25.0 Å². The number of rotatable bonds is 4. The molecule has 0 bridgehead atoms. The molecule has 1 aliphatic rings. The van der Waals surface area contributed by atoms with Gasteiger partial charge in [0.25, 0.3) is 5.91 Å². The van der Waals surface area contributed by atoms with Crippen LogP contribution in [0.3, 0.4) is 0 Å². The van der Waals surface area contributed by atoms with E-state index < -0.39 is 6.10 Å². The molecule has 1 aromatic carbocycles. The van der Waals surface area contributed by atoms with E-state index in [0.717, 1.165) is 11.3 Å². The Morgan fingerprint density at radius 1 is 1.43 bits per heavy atom. The number of likely N-dealkylation sites (N-methyl/N-ethyl adjacent to an activating group) is 1. The van der Waals surface area contributed by atoms with E-state index >= 15 is 0 Å². The minimum atomic E-state index is -0.459. The number of fused-ring (bicyclic) bond motifs is 1. The number of hydrogen-bond donors (Lipinski definition) is 1. The SMILES string of the molecule is CC(C)CC(=O)NCc1ccc2c(c1)N(C)C(=O)C(C)O2. The van der Waals surface area contributed by atoms with Crippen LogP contribution in [-0.2, 0) is 16.1 Å². The molecule has 1 unspecified atom stereocenters. The molecule has 0 fully saturated rings. The highest BCUT2D eigenvalue weighted by Gasteiger charge is 2.28. The molecule has 0 aromatic heterocycles. The normalized spacial score (nSPS) is 17.5. The monoisotopic (exact) mass is 290 g/mol. The van der Waals surface area contributed by atoms with Gasteiger partial charge in [0.05, 0.1) is 5.69 Å². The van der Waals surface area contributed by atoms with E-state index in [1.165, 1.54) is 0 Å². The smallest absolute Gasteiger partial charge is 0.267 e. The molecule has 0 saturated heterocycles. The molecular weight excluding hydrogens is 268 g/mol. The molecule has 0 saturated carbocycles. The lowest BCUT2D eigenvalue weighted by Crippen LogP contribution is -2.42. The van der Waals surface area contributed by atoms with Crippen LogP contribution in [0.1, 0.15) is 32.8 Å². The van der Waals surface area contributed by atoms with Gasteiger partial charge in [-0.2, -0.15) is 0 Å². The Bertz CT molecular complexity index is 554. The Labute approximate surface area is 125 Å². The van der Waals surface area contributed by atoms with Gasteiger partial charge in [-0.3, -0.25) is 9.59 Å². The Hall–Kier alpha value is -2.04. The van der Waals surface area contributed by atoms with Gasteiger partial charge < -0.3 is 15.0 Å². The summed E-state index contributed by atoms with van der Waals surface area (Å²) in [4.78, 5) is 25.2. The topological polar surface area (TPSA) is 58.6 Å². The molecule has 0 spiro atoms. The number of carbonyl (C=O) groups excluding carboxylic acids is 2. The maximum atomic E-state index is 11.9. The highest BCUT2D eigenvalue weighted by atomic mass is 16.5.